The fourth-order valence-corrected chi connectivity index (χ4v) is 4.83. The Balaban J connectivity index is 1.99. The van der Waals surface area contributed by atoms with Crippen LogP contribution in [0.3, 0.4) is 0 Å². The minimum absolute atomic E-state index is 0.0337. The molecule has 0 saturated heterocycles. The van der Waals surface area contributed by atoms with Gasteiger partial charge in [0, 0.05) is 5.75 Å². The van der Waals surface area contributed by atoms with E-state index in [-0.39, 0.29) is 20.9 Å². The smallest absolute Gasteiger partial charge is 0.265 e. The number of hydrogen-bond acceptors (Lipinski definition) is 6. The van der Waals surface area contributed by atoms with Gasteiger partial charge in [-0.3, -0.25) is 0 Å². The molecule has 1 aromatic carbocycles. The van der Waals surface area contributed by atoms with Gasteiger partial charge in [0.15, 0.2) is 5.76 Å². The summed E-state index contributed by atoms with van der Waals surface area (Å²) < 4.78 is 50.0. The van der Waals surface area contributed by atoms with Gasteiger partial charge in [-0.05, 0) is 42.8 Å². The van der Waals surface area contributed by atoms with Crippen LogP contribution in [0.1, 0.15) is 26.2 Å². The molecule has 3 aromatic rings. The molecule has 0 fully saturated rings. The lowest BCUT2D eigenvalue weighted by molar-refractivity contribution is 0.451. The highest BCUT2D eigenvalue weighted by Gasteiger charge is 2.29. The number of thioether (sulfide) groups is 1. The van der Waals surface area contributed by atoms with Crippen molar-refractivity contribution in [3.63, 3.8) is 0 Å². The second-order valence-corrected chi connectivity index (χ2v) is 8.53. The zero-order valence-corrected chi connectivity index (χ0v) is 15.8. The van der Waals surface area contributed by atoms with Crippen molar-refractivity contribution < 1.29 is 21.6 Å². The number of halogens is 1. The maximum absolute atomic E-state index is 13.1. The van der Waals surface area contributed by atoms with Crippen LogP contribution in [0.5, 0.6) is 0 Å². The van der Waals surface area contributed by atoms with Gasteiger partial charge in [0.05, 0.1) is 11.2 Å². The monoisotopic (exact) mass is 395 g/mol. The van der Waals surface area contributed by atoms with E-state index in [0.29, 0.717) is 11.5 Å². The largest absolute Gasteiger partial charge is 0.459 e. The van der Waals surface area contributed by atoms with Gasteiger partial charge >= 0.3 is 0 Å². The van der Waals surface area contributed by atoms with E-state index >= 15 is 0 Å². The van der Waals surface area contributed by atoms with Crippen LogP contribution in [0, 0.1) is 5.82 Å². The molecular formula is C18H18FNO4S2. The Morgan fingerprint density at radius 2 is 1.92 bits per heavy atom. The minimum atomic E-state index is -3.93. The number of rotatable bonds is 8. The maximum Gasteiger partial charge on any atom is 0.265 e. The van der Waals surface area contributed by atoms with Gasteiger partial charge in [-0.2, -0.15) is 4.98 Å². The fraction of sp³-hybridized carbons (Fsp3) is 0.278. The Bertz CT molecular complexity index is 948. The number of benzene rings is 1. The number of hydrogen-bond donors (Lipinski definition) is 0. The highest BCUT2D eigenvalue weighted by molar-refractivity contribution is 8.00. The normalized spacial score (nSPS) is 11.8. The molecule has 3 rings (SSSR count). The summed E-state index contributed by atoms with van der Waals surface area (Å²) in [6, 6.07) is 7.96. The third-order valence-electron chi connectivity index (χ3n) is 3.66. The molecular weight excluding hydrogens is 377 g/mol. The van der Waals surface area contributed by atoms with Crippen LogP contribution in [0.4, 0.5) is 4.39 Å². The van der Waals surface area contributed by atoms with Crippen LogP contribution in [-0.2, 0) is 9.84 Å². The Hall–Kier alpha value is -2.06. The summed E-state index contributed by atoms with van der Waals surface area (Å²) >= 11 is 1.31. The van der Waals surface area contributed by atoms with Crippen molar-refractivity contribution >= 4 is 21.6 Å². The van der Waals surface area contributed by atoms with Crippen LogP contribution < -0.4 is 0 Å². The Kier molecular flexibility index (Phi) is 5.83. The fourth-order valence-electron chi connectivity index (χ4n) is 2.30. The molecule has 0 aliphatic rings. The summed E-state index contributed by atoms with van der Waals surface area (Å²) in [6.07, 6.45) is 4.51. The average molecular weight is 395 g/mol. The van der Waals surface area contributed by atoms with Gasteiger partial charge in [0.2, 0.25) is 20.0 Å². The van der Waals surface area contributed by atoms with Gasteiger partial charge < -0.3 is 8.83 Å². The van der Waals surface area contributed by atoms with Gasteiger partial charge in [0.1, 0.15) is 5.82 Å². The molecule has 0 unspecified atom stereocenters. The highest BCUT2D eigenvalue weighted by atomic mass is 32.2. The summed E-state index contributed by atoms with van der Waals surface area (Å²) in [7, 11) is -3.93. The van der Waals surface area contributed by atoms with Crippen LogP contribution in [0.15, 0.2) is 66.5 Å². The second kappa shape index (κ2) is 8.09. The molecule has 138 valence electrons. The van der Waals surface area contributed by atoms with E-state index in [4.69, 9.17) is 8.83 Å². The molecule has 26 heavy (non-hydrogen) atoms. The van der Waals surface area contributed by atoms with Crippen molar-refractivity contribution in [2.24, 2.45) is 0 Å². The molecule has 5 nitrogen and oxygen atoms in total. The SMILES string of the molecule is CCCCCSc1oc(-c2ccco2)nc1S(=O)(=O)c1ccc(F)cc1. The Labute approximate surface area is 155 Å². The number of unbranched alkanes of at least 4 members (excludes halogenated alkanes) is 2. The van der Waals surface area contributed by atoms with Crippen molar-refractivity contribution in [1.29, 1.82) is 0 Å². The van der Waals surface area contributed by atoms with Crippen molar-refractivity contribution in [3.8, 4) is 11.7 Å². The predicted octanol–water partition coefficient (Wildman–Crippen LogP) is 5.19. The molecule has 0 radical (unpaired) electrons. The third kappa shape index (κ3) is 4.02. The van der Waals surface area contributed by atoms with E-state index in [1.807, 2.05) is 0 Å². The topological polar surface area (TPSA) is 73.3 Å². The first-order valence-corrected chi connectivity index (χ1v) is 10.7. The highest BCUT2D eigenvalue weighted by Crippen LogP contribution is 2.35. The molecule has 0 bridgehead atoms. The molecule has 2 aromatic heterocycles. The lowest BCUT2D eigenvalue weighted by atomic mass is 10.3. The number of furan rings is 1. The molecule has 0 atom stereocenters. The summed E-state index contributed by atoms with van der Waals surface area (Å²) in [5.74, 6) is 0.663. The zero-order chi connectivity index (χ0) is 18.6. The number of oxazole rings is 1. The number of aromatic nitrogens is 1. The van der Waals surface area contributed by atoms with Crippen molar-refractivity contribution in [2.75, 3.05) is 5.75 Å². The van der Waals surface area contributed by atoms with Crippen molar-refractivity contribution in [1.82, 2.24) is 4.98 Å². The van der Waals surface area contributed by atoms with E-state index in [0.717, 1.165) is 31.4 Å². The Morgan fingerprint density at radius 1 is 1.15 bits per heavy atom. The molecule has 0 N–H and O–H groups in total. The Morgan fingerprint density at radius 3 is 2.58 bits per heavy atom. The minimum Gasteiger partial charge on any atom is -0.459 e. The van der Waals surface area contributed by atoms with E-state index in [2.05, 4.69) is 11.9 Å². The summed E-state index contributed by atoms with van der Waals surface area (Å²) in [5.41, 5.74) is 0. The van der Waals surface area contributed by atoms with Gasteiger partial charge in [-0.15, -0.1) is 0 Å². The molecule has 0 aliphatic carbocycles. The number of sulfone groups is 1. The number of nitrogens with zero attached hydrogens (tertiary/aromatic N) is 1. The molecule has 8 heteroatoms. The third-order valence-corrected chi connectivity index (χ3v) is 6.50. The van der Waals surface area contributed by atoms with Crippen molar-refractivity contribution in [2.45, 2.75) is 41.2 Å². The zero-order valence-electron chi connectivity index (χ0n) is 14.1. The van der Waals surface area contributed by atoms with E-state index in [1.54, 1.807) is 12.1 Å². The standard InChI is InChI=1S/C18H18FNO4S2/c1-2-3-4-12-25-18-17(20-16(24-18)15-6-5-11-23-15)26(21,22)14-9-7-13(19)8-10-14/h5-11H,2-4,12H2,1H3. The van der Waals surface area contributed by atoms with Gasteiger partial charge in [0.25, 0.3) is 5.89 Å². The lowest BCUT2D eigenvalue weighted by Gasteiger charge is -2.03. The van der Waals surface area contributed by atoms with E-state index in [1.165, 1.54) is 30.2 Å². The predicted molar refractivity (Wildman–Crippen MR) is 96.3 cm³/mol. The first-order chi connectivity index (χ1) is 12.5. The quantitative estimate of drug-likeness (QED) is 0.297. The second-order valence-electron chi connectivity index (χ2n) is 5.60. The van der Waals surface area contributed by atoms with Crippen LogP contribution in [-0.4, -0.2) is 19.2 Å². The summed E-state index contributed by atoms with van der Waals surface area (Å²) in [6.45, 7) is 2.10. The van der Waals surface area contributed by atoms with Crippen LogP contribution >= 0.6 is 11.8 Å². The first kappa shape index (κ1) is 18.7. The van der Waals surface area contributed by atoms with Crippen molar-refractivity contribution in [3.05, 3.63) is 48.5 Å². The van der Waals surface area contributed by atoms with E-state index in [9.17, 15) is 12.8 Å². The van der Waals surface area contributed by atoms with Crippen LogP contribution in [0.2, 0.25) is 0 Å². The van der Waals surface area contributed by atoms with E-state index < -0.39 is 15.7 Å². The molecule has 0 amide bonds. The van der Waals surface area contributed by atoms with Gasteiger partial charge in [-0.1, -0.05) is 31.5 Å². The molecule has 0 aliphatic heterocycles. The molecule has 0 spiro atoms. The summed E-state index contributed by atoms with van der Waals surface area (Å²) in [5, 5.41) is 0.0498. The molecule has 2 heterocycles. The lowest BCUT2D eigenvalue weighted by Crippen LogP contribution is -2.04. The molecule has 0 saturated carbocycles. The maximum atomic E-state index is 13.1. The first-order valence-electron chi connectivity index (χ1n) is 8.20. The summed E-state index contributed by atoms with van der Waals surface area (Å²) in [4.78, 5) is 4.13. The van der Waals surface area contributed by atoms with Crippen LogP contribution in [0.25, 0.3) is 11.7 Å². The average Bonchev–Trinajstić information content (AvgIpc) is 3.29. The van der Waals surface area contributed by atoms with Gasteiger partial charge in [-0.25, -0.2) is 12.8 Å².